The number of likely N-dealkylation sites (N-methyl/N-ethyl adjacent to an activating group) is 1. The lowest BCUT2D eigenvalue weighted by molar-refractivity contribution is -0.889. The number of hydrogen-bond acceptors (Lipinski definition) is 7. The van der Waals surface area contributed by atoms with Gasteiger partial charge in [0.15, 0.2) is 6.10 Å². The molecular weight excluding hydrogens is 691 g/mol. The predicted molar refractivity (Wildman–Crippen MR) is 226 cm³/mol. The van der Waals surface area contributed by atoms with E-state index in [0.29, 0.717) is 12.8 Å². The van der Waals surface area contributed by atoms with Crippen molar-refractivity contribution in [2.75, 3.05) is 41.0 Å². The Labute approximate surface area is 337 Å². The van der Waals surface area contributed by atoms with Gasteiger partial charge in [-0.3, -0.25) is 9.59 Å². The topological polar surface area (TPSA) is 102 Å². The third-order valence-corrected chi connectivity index (χ3v) is 9.73. The van der Waals surface area contributed by atoms with E-state index in [-0.39, 0.29) is 42.7 Å². The molecule has 0 aliphatic carbocycles. The highest BCUT2D eigenvalue weighted by molar-refractivity contribution is 5.70. The molecule has 0 N–H and O–H groups in total. The predicted octanol–water partition coefficient (Wildman–Crippen LogP) is 10.7. The third kappa shape index (κ3) is 36.7. The Morgan fingerprint density at radius 2 is 1.02 bits per heavy atom. The number of quaternary nitrogens is 1. The van der Waals surface area contributed by atoms with Crippen molar-refractivity contribution in [3.63, 3.8) is 0 Å². The van der Waals surface area contributed by atoms with Gasteiger partial charge in [0.2, 0.25) is 0 Å². The Morgan fingerprint density at radius 1 is 0.564 bits per heavy atom. The van der Waals surface area contributed by atoms with Crippen molar-refractivity contribution in [1.29, 1.82) is 0 Å². The number of rotatable bonds is 39. The fraction of sp³-hybridized carbons (Fsp3) is 0.766. The average Bonchev–Trinajstić information content (AvgIpc) is 3.14. The smallest absolute Gasteiger partial charge is 0.306 e. The van der Waals surface area contributed by atoms with Crippen LogP contribution in [0.1, 0.15) is 181 Å². The summed E-state index contributed by atoms with van der Waals surface area (Å²) in [4.78, 5) is 36.8. The van der Waals surface area contributed by atoms with E-state index >= 15 is 0 Å². The van der Waals surface area contributed by atoms with Crippen molar-refractivity contribution < 1.29 is 38.2 Å². The van der Waals surface area contributed by atoms with Crippen molar-refractivity contribution >= 4 is 17.9 Å². The van der Waals surface area contributed by atoms with Crippen molar-refractivity contribution in [3.05, 3.63) is 48.6 Å². The Balaban J connectivity index is 4.35. The second kappa shape index (κ2) is 38.2. The second-order valence-electron chi connectivity index (χ2n) is 15.9. The van der Waals surface area contributed by atoms with Crippen LogP contribution in [0.5, 0.6) is 0 Å². The van der Waals surface area contributed by atoms with E-state index in [1.54, 1.807) is 21.1 Å². The molecule has 0 fully saturated rings. The maximum Gasteiger partial charge on any atom is 0.306 e. The summed E-state index contributed by atoms with van der Waals surface area (Å²) in [6, 6.07) is -0.728. The van der Waals surface area contributed by atoms with Gasteiger partial charge in [-0.25, -0.2) is 0 Å². The van der Waals surface area contributed by atoms with E-state index < -0.39 is 18.1 Å². The number of unbranched alkanes of at least 4 members (excludes halogenated alkanes) is 17. The average molecular weight is 774 g/mol. The number of ether oxygens (including phenoxy) is 3. The van der Waals surface area contributed by atoms with Gasteiger partial charge in [-0.15, -0.1) is 0 Å². The summed E-state index contributed by atoms with van der Waals surface area (Å²) in [7, 11) is 5.40. The Kier molecular flexibility index (Phi) is 36.3. The number of hydrogen-bond donors (Lipinski definition) is 0. The first-order valence-electron chi connectivity index (χ1n) is 22.2. The normalized spacial score (nSPS) is 13.4. The molecule has 0 rings (SSSR count). The second-order valence-corrected chi connectivity index (χ2v) is 15.9. The first-order valence-corrected chi connectivity index (χ1v) is 22.2. The molecule has 0 aliphatic heterocycles. The van der Waals surface area contributed by atoms with Crippen LogP contribution in [-0.2, 0) is 28.6 Å². The molecule has 0 radical (unpaired) electrons. The summed E-state index contributed by atoms with van der Waals surface area (Å²) in [6.45, 7) is 4.53. The molecule has 0 bridgehead atoms. The molecule has 8 heteroatoms. The molecule has 0 saturated heterocycles. The summed E-state index contributed by atoms with van der Waals surface area (Å²) >= 11 is 0. The highest BCUT2D eigenvalue weighted by Crippen LogP contribution is 2.14. The minimum absolute atomic E-state index is 0.0355. The van der Waals surface area contributed by atoms with Crippen LogP contribution in [0.4, 0.5) is 0 Å². The van der Waals surface area contributed by atoms with E-state index in [1.807, 2.05) is 0 Å². The van der Waals surface area contributed by atoms with E-state index in [9.17, 15) is 19.5 Å². The SMILES string of the molecule is CC/C=C/C/C=C/C/C=C/C/C=C/CCCCCCCCC(=O)OC(COCCC(C(=O)[O-])[N+](C)(C)C)COC(=O)CCCCCCCCCCCCCC. The number of nitrogens with zero attached hydrogens (tertiary/aromatic N) is 1. The molecule has 2 unspecified atom stereocenters. The molecule has 0 aromatic rings. The molecular formula is C47H83NO7. The van der Waals surface area contributed by atoms with Crippen LogP contribution < -0.4 is 5.11 Å². The van der Waals surface area contributed by atoms with Crippen LogP contribution in [0.25, 0.3) is 0 Å². The molecule has 0 aromatic heterocycles. The zero-order valence-electron chi connectivity index (χ0n) is 36.1. The summed E-state index contributed by atoms with van der Waals surface area (Å²) < 4.78 is 17.1. The molecule has 2 atom stereocenters. The lowest BCUT2D eigenvalue weighted by atomic mass is 10.0. The number of aliphatic carboxylic acids is 1. The fourth-order valence-corrected chi connectivity index (χ4v) is 6.30. The molecule has 8 nitrogen and oxygen atoms in total. The van der Waals surface area contributed by atoms with Gasteiger partial charge in [0.05, 0.1) is 40.3 Å². The van der Waals surface area contributed by atoms with Crippen LogP contribution in [-0.4, -0.2) is 75.5 Å². The van der Waals surface area contributed by atoms with Crippen molar-refractivity contribution in [1.82, 2.24) is 0 Å². The summed E-state index contributed by atoms with van der Waals surface area (Å²) in [5, 5.41) is 11.6. The fourth-order valence-electron chi connectivity index (χ4n) is 6.30. The van der Waals surface area contributed by atoms with Gasteiger partial charge in [0.1, 0.15) is 12.6 Å². The standard InChI is InChI=1S/C47H83NO7/c1-6-8-10-12-14-16-18-20-21-22-23-24-25-26-28-30-32-34-36-38-46(50)55-43(41-53-40-39-44(47(51)52)48(3,4)5)42-54-45(49)37-35-33-31-29-27-19-17-15-13-11-9-7-2/h8,10,14,16,20-21,23-24,43-44H,6-7,9,11-13,15,17-19,22,25-42H2,1-5H3/b10-8+,16-14+,21-20+,24-23+. The minimum atomic E-state index is -1.13. The zero-order chi connectivity index (χ0) is 40.7. The zero-order valence-corrected chi connectivity index (χ0v) is 36.1. The molecule has 0 heterocycles. The first kappa shape index (κ1) is 52.3. The maximum absolute atomic E-state index is 12.7. The summed E-state index contributed by atoms with van der Waals surface area (Å²) in [6.07, 6.45) is 44.1. The summed E-state index contributed by atoms with van der Waals surface area (Å²) in [5.41, 5.74) is 0. The van der Waals surface area contributed by atoms with Crippen molar-refractivity contribution in [2.45, 2.75) is 193 Å². The quantitative estimate of drug-likeness (QED) is 0.0265. The van der Waals surface area contributed by atoms with Crippen LogP contribution >= 0.6 is 0 Å². The highest BCUT2D eigenvalue weighted by Gasteiger charge is 2.25. The van der Waals surface area contributed by atoms with Gasteiger partial charge in [0, 0.05) is 19.3 Å². The van der Waals surface area contributed by atoms with Crippen molar-refractivity contribution in [3.8, 4) is 0 Å². The molecule has 0 aliphatic rings. The third-order valence-electron chi connectivity index (χ3n) is 9.73. The number of allylic oxidation sites excluding steroid dienone is 8. The summed E-state index contributed by atoms with van der Waals surface area (Å²) in [5.74, 6) is -1.75. The van der Waals surface area contributed by atoms with Crippen LogP contribution in [0.2, 0.25) is 0 Å². The number of carboxylic acid groups (broad SMARTS) is 1. The largest absolute Gasteiger partial charge is 0.544 e. The van der Waals surface area contributed by atoms with Gasteiger partial charge in [-0.1, -0.05) is 159 Å². The van der Waals surface area contributed by atoms with E-state index in [2.05, 4.69) is 62.5 Å². The Morgan fingerprint density at radius 3 is 1.51 bits per heavy atom. The highest BCUT2D eigenvalue weighted by atomic mass is 16.6. The molecule has 0 amide bonds. The number of carbonyl (C=O) groups excluding carboxylic acids is 3. The van der Waals surface area contributed by atoms with Crippen molar-refractivity contribution in [2.24, 2.45) is 0 Å². The lowest BCUT2D eigenvalue weighted by Crippen LogP contribution is -2.55. The van der Waals surface area contributed by atoms with Gasteiger partial charge in [-0.2, -0.15) is 0 Å². The monoisotopic (exact) mass is 774 g/mol. The lowest BCUT2D eigenvalue weighted by Gasteiger charge is -2.34. The number of carboxylic acids is 1. The molecule has 318 valence electrons. The van der Waals surface area contributed by atoms with Gasteiger partial charge >= 0.3 is 11.9 Å². The van der Waals surface area contributed by atoms with Crippen LogP contribution in [0.15, 0.2) is 48.6 Å². The first-order chi connectivity index (χ1) is 26.6. The van der Waals surface area contributed by atoms with E-state index in [0.717, 1.165) is 77.0 Å². The number of esters is 2. The molecule has 0 aromatic carbocycles. The molecule has 55 heavy (non-hydrogen) atoms. The van der Waals surface area contributed by atoms with E-state index in [1.165, 1.54) is 70.6 Å². The van der Waals surface area contributed by atoms with E-state index in [4.69, 9.17) is 14.2 Å². The van der Waals surface area contributed by atoms with Gasteiger partial charge in [-0.05, 0) is 51.4 Å². The van der Waals surface area contributed by atoms with Crippen LogP contribution in [0.3, 0.4) is 0 Å². The molecule has 0 saturated carbocycles. The van der Waals surface area contributed by atoms with Crippen LogP contribution in [0, 0.1) is 0 Å². The minimum Gasteiger partial charge on any atom is -0.544 e. The Hall–Kier alpha value is -2.71. The van der Waals surface area contributed by atoms with Gasteiger partial charge < -0.3 is 28.6 Å². The maximum atomic E-state index is 12.7. The Bertz CT molecular complexity index is 1040. The number of carbonyl (C=O) groups is 3. The van der Waals surface area contributed by atoms with Gasteiger partial charge in [0.25, 0.3) is 0 Å². The molecule has 0 spiro atoms.